The van der Waals surface area contributed by atoms with Crippen LogP contribution in [0.4, 0.5) is 0 Å². The number of aromatic nitrogens is 3. The summed E-state index contributed by atoms with van der Waals surface area (Å²) in [7, 11) is 0. The molecule has 0 aromatic carbocycles. The van der Waals surface area contributed by atoms with Crippen molar-refractivity contribution in [3.8, 4) is 0 Å². The Kier molecular flexibility index (Phi) is 6.12. The van der Waals surface area contributed by atoms with Gasteiger partial charge in [0.05, 0.1) is 17.8 Å². The van der Waals surface area contributed by atoms with E-state index in [9.17, 15) is 4.79 Å². The van der Waals surface area contributed by atoms with Crippen molar-refractivity contribution in [1.82, 2.24) is 19.9 Å². The third-order valence-corrected chi connectivity index (χ3v) is 8.03. The summed E-state index contributed by atoms with van der Waals surface area (Å²) in [5.41, 5.74) is 1.10. The number of aryl methyl sites for hydroxylation is 1. The summed E-state index contributed by atoms with van der Waals surface area (Å²) in [6.45, 7) is 4.98. The molecule has 166 valence electrons. The predicted octanol–water partition coefficient (Wildman–Crippen LogP) is 4.02. The Morgan fingerprint density at radius 1 is 1.13 bits per heavy atom. The highest BCUT2D eigenvalue weighted by atomic mass is 16.5. The summed E-state index contributed by atoms with van der Waals surface area (Å²) in [4.78, 5) is 15.2. The van der Waals surface area contributed by atoms with Crippen LogP contribution in [0.1, 0.15) is 82.9 Å². The van der Waals surface area contributed by atoms with Gasteiger partial charge in [-0.25, -0.2) is 4.68 Å². The number of nitrogens with zero attached hydrogens (tertiary/aromatic N) is 4. The molecule has 4 fully saturated rings. The van der Waals surface area contributed by atoms with Crippen molar-refractivity contribution in [3.05, 3.63) is 11.9 Å². The molecule has 1 aliphatic heterocycles. The van der Waals surface area contributed by atoms with E-state index in [1.54, 1.807) is 0 Å². The summed E-state index contributed by atoms with van der Waals surface area (Å²) < 4.78 is 8.57. The number of rotatable bonds is 8. The number of unbranched alkanes of at least 4 members (excludes halogenated alkanes) is 1. The average Bonchev–Trinajstić information content (AvgIpc) is 3.17. The van der Waals surface area contributed by atoms with E-state index >= 15 is 0 Å². The SMILES string of the molecule is CCCCc1cn([C@@H]2C[C@@H]3CN(C(=O)C4CCCC4)C[C@@H]3C[C@H]2OCC2CC2)nn1. The minimum atomic E-state index is 0.203. The molecule has 1 aromatic heterocycles. The fraction of sp³-hybridized carbons (Fsp3) is 0.875. The maximum atomic E-state index is 13.0. The molecule has 0 unspecified atom stereocenters. The van der Waals surface area contributed by atoms with Crippen LogP contribution < -0.4 is 0 Å². The van der Waals surface area contributed by atoms with Crippen LogP contribution in [0.15, 0.2) is 6.20 Å². The molecule has 3 saturated carbocycles. The molecule has 0 bridgehead atoms. The van der Waals surface area contributed by atoms with E-state index in [1.165, 1.54) is 32.1 Å². The molecule has 6 nitrogen and oxygen atoms in total. The lowest BCUT2D eigenvalue weighted by Gasteiger charge is -2.37. The monoisotopic (exact) mass is 414 g/mol. The van der Waals surface area contributed by atoms with Gasteiger partial charge in [0.2, 0.25) is 5.91 Å². The third-order valence-electron chi connectivity index (χ3n) is 8.03. The quantitative estimate of drug-likeness (QED) is 0.645. The zero-order valence-electron chi connectivity index (χ0n) is 18.5. The van der Waals surface area contributed by atoms with Crippen LogP contribution in [0.25, 0.3) is 0 Å². The second-order valence-electron chi connectivity index (χ2n) is 10.4. The van der Waals surface area contributed by atoms with Gasteiger partial charge in [-0.15, -0.1) is 5.10 Å². The highest BCUT2D eigenvalue weighted by Crippen LogP contribution is 2.44. The summed E-state index contributed by atoms with van der Waals surface area (Å²) >= 11 is 0. The lowest BCUT2D eigenvalue weighted by Crippen LogP contribution is -2.38. The predicted molar refractivity (Wildman–Crippen MR) is 115 cm³/mol. The van der Waals surface area contributed by atoms with Crippen LogP contribution in [0, 0.1) is 23.7 Å². The van der Waals surface area contributed by atoms with Crippen molar-refractivity contribution in [1.29, 1.82) is 0 Å². The second-order valence-corrected chi connectivity index (χ2v) is 10.4. The van der Waals surface area contributed by atoms with Crippen LogP contribution in [-0.4, -0.2) is 51.6 Å². The Morgan fingerprint density at radius 2 is 1.90 bits per heavy atom. The standard InChI is InChI=1S/C24H38N4O2/c1-2-3-8-21-15-28(26-25-21)22-11-19-13-27(24(29)18-6-4-5-7-18)14-20(19)12-23(22)30-16-17-9-10-17/h15,17-20,22-23H,2-14,16H2,1H3/t19-,20+,22-,23-/m1/s1. The fourth-order valence-corrected chi connectivity index (χ4v) is 5.95. The Hall–Kier alpha value is -1.43. The average molecular weight is 415 g/mol. The van der Waals surface area contributed by atoms with Gasteiger partial charge in [-0.05, 0) is 69.1 Å². The molecular formula is C24H38N4O2. The molecule has 4 aliphatic rings. The van der Waals surface area contributed by atoms with E-state index in [2.05, 4.69) is 33.0 Å². The van der Waals surface area contributed by atoms with Gasteiger partial charge in [0.1, 0.15) is 0 Å². The van der Waals surface area contributed by atoms with Gasteiger partial charge in [0.15, 0.2) is 0 Å². The van der Waals surface area contributed by atoms with E-state index in [4.69, 9.17) is 4.74 Å². The zero-order valence-corrected chi connectivity index (χ0v) is 18.5. The van der Waals surface area contributed by atoms with E-state index in [0.717, 1.165) is 69.8 Å². The largest absolute Gasteiger partial charge is 0.376 e. The van der Waals surface area contributed by atoms with Crippen LogP contribution >= 0.6 is 0 Å². The molecule has 1 aromatic rings. The highest BCUT2D eigenvalue weighted by Gasteiger charge is 2.46. The smallest absolute Gasteiger partial charge is 0.225 e. The maximum Gasteiger partial charge on any atom is 0.225 e. The summed E-state index contributed by atoms with van der Waals surface area (Å²) in [5, 5.41) is 8.97. The van der Waals surface area contributed by atoms with Crippen molar-refractivity contribution < 1.29 is 9.53 Å². The first-order valence-corrected chi connectivity index (χ1v) is 12.5. The van der Waals surface area contributed by atoms with Crippen LogP contribution in [-0.2, 0) is 16.0 Å². The molecule has 1 saturated heterocycles. The number of likely N-dealkylation sites (tertiary alicyclic amines) is 1. The molecule has 6 heteroatoms. The summed E-state index contributed by atoms with van der Waals surface area (Å²) in [6, 6.07) is 0.259. The number of ether oxygens (including phenoxy) is 1. The van der Waals surface area contributed by atoms with Crippen molar-refractivity contribution in [2.75, 3.05) is 19.7 Å². The summed E-state index contributed by atoms with van der Waals surface area (Å²) in [6.07, 6.45) is 15.1. The zero-order chi connectivity index (χ0) is 20.5. The van der Waals surface area contributed by atoms with Gasteiger partial charge in [-0.2, -0.15) is 0 Å². The molecule has 5 rings (SSSR count). The first-order chi connectivity index (χ1) is 14.7. The van der Waals surface area contributed by atoms with Gasteiger partial charge in [0.25, 0.3) is 0 Å². The van der Waals surface area contributed by atoms with Gasteiger partial charge < -0.3 is 9.64 Å². The maximum absolute atomic E-state index is 13.0. The number of carbonyl (C=O) groups excluding carboxylic acids is 1. The number of carbonyl (C=O) groups is 1. The van der Waals surface area contributed by atoms with Crippen LogP contribution in [0.2, 0.25) is 0 Å². The Morgan fingerprint density at radius 3 is 2.63 bits per heavy atom. The normalized spacial score (nSPS) is 32.0. The van der Waals surface area contributed by atoms with Gasteiger partial charge >= 0.3 is 0 Å². The molecule has 30 heavy (non-hydrogen) atoms. The Bertz CT molecular complexity index is 725. The molecule has 2 heterocycles. The highest BCUT2D eigenvalue weighted by molar-refractivity contribution is 5.79. The molecule has 4 atom stereocenters. The minimum absolute atomic E-state index is 0.203. The molecule has 0 N–H and O–H groups in total. The molecule has 3 aliphatic carbocycles. The van der Waals surface area contributed by atoms with Gasteiger partial charge in [-0.1, -0.05) is 31.4 Å². The number of amides is 1. The number of fused-ring (bicyclic) bond motifs is 1. The lowest BCUT2D eigenvalue weighted by molar-refractivity contribution is -0.134. The summed E-state index contributed by atoms with van der Waals surface area (Å²) in [5.74, 6) is 2.64. The van der Waals surface area contributed by atoms with E-state index < -0.39 is 0 Å². The van der Waals surface area contributed by atoms with Crippen LogP contribution in [0.5, 0.6) is 0 Å². The third kappa shape index (κ3) is 4.44. The Labute approximate surface area is 180 Å². The van der Waals surface area contributed by atoms with Crippen molar-refractivity contribution in [2.45, 2.75) is 89.7 Å². The Balaban J connectivity index is 1.27. The van der Waals surface area contributed by atoms with E-state index in [-0.39, 0.29) is 12.1 Å². The molecular weight excluding hydrogens is 376 g/mol. The lowest BCUT2D eigenvalue weighted by atomic mass is 9.77. The number of hydrogen-bond donors (Lipinski definition) is 0. The number of hydrogen-bond acceptors (Lipinski definition) is 4. The van der Waals surface area contributed by atoms with E-state index in [1.807, 2.05) is 0 Å². The molecule has 1 amide bonds. The first-order valence-electron chi connectivity index (χ1n) is 12.5. The minimum Gasteiger partial charge on any atom is -0.376 e. The molecule has 0 radical (unpaired) electrons. The van der Waals surface area contributed by atoms with Crippen molar-refractivity contribution >= 4 is 5.91 Å². The molecule has 0 spiro atoms. The second kappa shape index (κ2) is 8.97. The van der Waals surface area contributed by atoms with Crippen LogP contribution in [0.3, 0.4) is 0 Å². The van der Waals surface area contributed by atoms with Crippen molar-refractivity contribution in [2.24, 2.45) is 23.7 Å². The van der Waals surface area contributed by atoms with Crippen molar-refractivity contribution in [3.63, 3.8) is 0 Å². The fourth-order valence-electron chi connectivity index (χ4n) is 5.95. The topological polar surface area (TPSA) is 60.2 Å². The van der Waals surface area contributed by atoms with Gasteiger partial charge in [0, 0.05) is 31.8 Å². The van der Waals surface area contributed by atoms with E-state index in [0.29, 0.717) is 23.7 Å². The van der Waals surface area contributed by atoms with Gasteiger partial charge in [-0.3, -0.25) is 4.79 Å². The first kappa shape index (κ1) is 20.5.